The van der Waals surface area contributed by atoms with E-state index in [0.717, 1.165) is 0 Å². The number of rotatable bonds is 0. The number of hydrogen-bond acceptors (Lipinski definition) is 0. The molecule has 0 N–H and O–H groups in total. The molecule has 136 valence electrons. The van der Waals surface area contributed by atoms with E-state index < -0.39 is 0 Å². The molecular formula is C24H28SiZr-4. The molecule has 0 atom stereocenters. The topological polar surface area (TPSA) is 0 Å². The van der Waals surface area contributed by atoms with Crippen molar-refractivity contribution in [3.63, 3.8) is 0 Å². The van der Waals surface area contributed by atoms with Gasteiger partial charge in [-0.1, -0.05) is 64.1 Å². The molecule has 0 unspecified atom stereocenters. The third kappa shape index (κ3) is 5.21. The Bertz CT molecular complexity index is 917. The molecule has 0 heterocycles. The fraction of sp³-hybridized carbons (Fsp3) is 0.208. The van der Waals surface area contributed by atoms with E-state index in [1.807, 2.05) is 0 Å². The Balaban J connectivity index is 0.000000431. The Morgan fingerprint density at radius 1 is 1.04 bits per heavy atom. The van der Waals surface area contributed by atoms with E-state index in [2.05, 4.69) is 90.1 Å². The van der Waals surface area contributed by atoms with E-state index in [-0.39, 0.29) is 14.9 Å². The summed E-state index contributed by atoms with van der Waals surface area (Å²) in [6.45, 7) is 13.9. The summed E-state index contributed by atoms with van der Waals surface area (Å²) in [5.41, 5.74) is 9.62. The van der Waals surface area contributed by atoms with Crippen molar-refractivity contribution in [3.8, 4) is 0 Å². The maximum absolute atomic E-state index is 3.27. The van der Waals surface area contributed by atoms with Crippen LogP contribution in [0.25, 0.3) is 17.7 Å². The first-order valence-electron chi connectivity index (χ1n) is 8.05. The van der Waals surface area contributed by atoms with Gasteiger partial charge in [0.1, 0.15) is 0 Å². The maximum atomic E-state index is 3.27. The average Bonchev–Trinajstić information content (AvgIpc) is 3.25. The van der Waals surface area contributed by atoms with Crippen molar-refractivity contribution in [2.24, 2.45) is 0 Å². The first-order valence-corrected chi connectivity index (χ1v) is 12.2. The summed E-state index contributed by atoms with van der Waals surface area (Å²) in [6.07, 6.45) is 11.7. The predicted molar refractivity (Wildman–Crippen MR) is 115 cm³/mol. The zero-order valence-corrected chi connectivity index (χ0v) is 20.5. The third-order valence-corrected chi connectivity index (χ3v) is 4.82. The molecule has 0 spiro atoms. The van der Waals surface area contributed by atoms with Crippen LogP contribution < -0.4 is 10.4 Å². The van der Waals surface area contributed by atoms with Crippen LogP contribution in [0.2, 0.25) is 0 Å². The van der Waals surface area contributed by atoms with Crippen molar-refractivity contribution >= 4 is 24.6 Å². The number of aryl methyl sites for hydroxylation is 2. The third-order valence-electron chi connectivity index (χ3n) is 4.82. The first-order chi connectivity index (χ1) is 11.5. The summed E-state index contributed by atoms with van der Waals surface area (Å²) < 4.78 is 0. The monoisotopic (exact) mass is 434 g/mol. The molecule has 0 saturated heterocycles. The standard InChI is InChI=1S/C13H9.C9H13.2CH3.Si.Zr/c1-9-5-6-12-7-10-3-2-4-11(10)8-13(9)12;1-6-5-7(2)9(4)8(6)3;;;;/h2-5,7-8H,1H3;5H,1-4H3;2*1H3;;/q4*-1;;. The van der Waals surface area contributed by atoms with Crippen LogP contribution in [0.15, 0.2) is 30.4 Å². The van der Waals surface area contributed by atoms with E-state index in [0.29, 0.717) is 0 Å². The molecule has 0 bridgehead atoms. The summed E-state index contributed by atoms with van der Waals surface area (Å²) in [6, 6.07) is 6.69. The van der Waals surface area contributed by atoms with Crippen molar-refractivity contribution in [2.45, 2.75) is 34.6 Å². The van der Waals surface area contributed by atoms with E-state index in [1.54, 1.807) is 0 Å². The van der Waals surface area contributed by atoms with E-state index in [4.69, 9.17) is 0 Å². The van der Waals surface area contributed by atoms with Gasteiger partial charge in [0.25, 0.3) is 0 Å². The van der Waals surface area contributed by atoms with E-state index in [9.17, 15) is 0 Å². The second kappa shape index (κ2) is 10.9. The van der Waals surface area contributed by atoms with E-state index in [1.165, 1.54) is 72.7 Å². The molecule has 2 aromatic rings. The van der Waals surface area contributed by atoms with Crippen LogP contribution in [0.5, 0.6) is 0 Å². The normalized spacial score (nSPS) is 11.6. The predicted octanol–water partition coefficient (Wildman–Crippen LogP) is 4.54. The Morgan fingerprint density at radius 3 is 2.19 bits per heavy atom. The SMILES string of the molecule is CC1=c2cc3c(cc2[C-]=C1)=CC=C3.Cc1c[c-](C)c(C)c1C.[CH3-].[CH3-].[Si]=[Zr]. The second-order valence-electron chi connectivity index (χ2n) is 6.28. The molecule has 2 heteroatoms. The fourth-order valence-electron chi connectivity index (χ4n) is 3.02. The summed E-state index contributed by atoms with van der Waals surface area (Å²) in [5.74, 6) is 0. The summed E-state index contributed by atoms with van der Waals surface area (Å²) in [5, 5.41) is 2.65. The van der Waals surface area contributed by atoms with Gasteiger partial charge in [0.2, 0.25) is 0 Å². The van der Waals surface area contributed by atoms with Crippen LogP contribution in [-0.4, -0.2) is 6.88 Å². The van der Waals surface area contributed by atoms with Gasteiger partial charge in [-0.2, -0.15) is 45.5 Å². The van der Waals surface area contributed by atoms with Gasteiger partial charge < -0.3 is 14.9 Å². The zero-order chi connectivity index (χ0) is 17.9. The van der Waals surface area contributed by atoms with Crippen LogP contribution in [0, 0.1) is 48.6 Å². The molecule has 2 aliphatic carbocycles. The molecule has 2 radical (unpaired) electrons. The molecule has 0 amide bonds. The van der Waals surface area contributed by atoms with Gasteiger partial charge in [0.05, 0.1) is 0 Å². The minimum absolute atomic E-state index is 0. The Hall–Kier alpha value is -1.11. The van der Waals surface area contributed by atoms with Gasteiger partial charge in [-0.05, 0) is 5.56 Å². The molecule has 0 aliphatic heterocycles. The van der Waals surface area contributed by atoms with Crippen LogP contribution >= 0.6 is 0 Å². The van der Waals surface area contributed by atoms with Gasteiger partial charge in [-0.25, -0.2) is 0 Å². The molecule has 26 heavy (non-hydrogen) atoms. The van der Waals surface area contributed by atoms with E-state index >= 15 is 0 Å². The van der Waals surface area contributed by atoms with Crippen molar-refractivity contribution in [2.75, 3.05) is 0 Å². The van der Waals surface area contributed by atoms with Crippen LogP contribution in [-0.2, 0) is 23.3 Å². The Labute approximate surface area is 177 Å². The summed E-state index contributed by atoms with van der Waals surface area (Å²) in [7, 11) is 0. The van der Waals surface area contributed by atoms with Gasteiger partial charge in [-0.15, -0.1) is 17.4 Å². The van der Waals surface area contributed by atoms with Crippen LogP contribution in [0.1, 0.15) is 40.3 Å². The van der Waals surface area contributed by atoms with Gasteiger partial charge in [0.15, 0.2) is 0 Å². The molecule has 4 rings (SSSR count). The van der Waals surface area contributed by atoms with Crippen molar-refractivity contribution in [3.05, 3.63) is 95.1 Å². The van der Waals surface area contributed by atoms with Gasteiger partial charge in [-0.3, -0.25) is 0 Å². The van der Waals surface area contributed by atoms with Crippen molar-refractivity contribution in [1.82, 2.24) is 0 Å². The van der Waals surface area contributed by atoms with Gasteiger partial charge in [0, 0.05) is 0 Å². The second-order valence-corrected chi connectivity index (χ2v) is 6.28. The molecule has 2 aliphatic rings. The van der Waals surface area contributed by atoms with Crippen molar-refractivity contribution in [1.29, 1.82) is 0 Å². The quantitative estimate of drug-likeness (QED) is 0.421. The van der Waals surface area contributed by atoms with Crippen molar-refractivity contribution < 1.29 is 23.3 Å². The number of benzene rings is 1. The van der Waals surface area contributed by atoms with Gasteiger partial charge >= 0.3 is 30.2 Å². The van der Waals surface area contributed by atoms with Crippen LogP contribution in [0.3, 0.4) is 0 Å². The molecule has 0 nitrogen and oxygen atoms in total. The molecule has 2 aromatic carbocycles. The number of hydrogen-bond donors (Lipinski definition) is 0. The number of allylic oxidation sites excluding steroid dienone is 2. The number of fused-ring (bicyclic) bond motifs is 2. The molecule has 0 saturated carbocycles. The molecule has 0 aromatic heterocycles. The zero-order valence-electron chi connectivity index (χ0n) is 17.0. The molecule has 0 fully saturated rings. The van der Waals surface area contributed by atoms with Crippen LogP contribution in [0.4, 0.5) is 0 Å². The molecular weight excluding hydrogens is 408 g/mol. The Morgan fingerprint density at radius 2 is 1.69 bits per heavy atom. The Kier molecular flexibility index (Phi) is 10.4. The fourth-order valence-corrected chi connectivity index (χ4v) is 3.02. The minimum atomic E-state index is 0. The average molecular weight is 436 g/mol. The summed E-state index contributed by atoms with van der Waals surface area (Å²) in [4.78, 5) is 0. The summed E-state index contributed by atoms with van der Waals surface area (Å²) >= 11 is 1.36. The first kappa shape index (κ1) is 24.9.